The number of fused-ring (bicyclic) bond motifs is 1. The number of halogens is 1. The third kappa shape index (κ3) is 4.04. The second kappa shape index (κ2) is 7.96. The molecule has 2 fully saturated rings. The minimum atomic E-state index is -0.279. The topological polar surface area (TPSA) is 52.2 Å². The average Bonchev–Trinajstić information content (AvgIpc) is 3.09. The summed E-state index contributed by atoms with van der Waals surface area (Å²) in [6, 6.07) is 5.22. The minimum absolute atomic E-state index is 0.190. The number of aromatic nitrogens is 2. The predicted octanol–water partition coefficient (Wildman–Crippen LogP) is 2.67. The van der Waals surface area contributed by atoms with Crippen molar-refractivity contribution in [1.82, 2.24) is 19.8 Å². The van der Waals surface area contributed by atoms with Gasteiger partial charge in [0.15, 0.2) is 0 Å². The van der Waals surface area contributed by atoms with Gasteiger partial charge in [0.05, 0.1) is 11.0 Å². The highest BCUT2D eigenvalue weighted by Crippen LogP contribution is 2.23. The Morgan fingerprint density at radius 3 is 2.77 bits per heavy atom. The number of aryl methyl sites for hydroxylation is 1. The van der Waals surface area contributed by atoms with E-state index in [9.17, 15) is 9.18 Å². The monoisotopic (exact) mass is 376 g/mol. The van der Waals surface area contributed by atoms with Crippen LogP contribution in [0, 0.1) is 5.82 Å². The zero-order chi connectivity index (χ0) is 17.9. The Kier molecular flexibility index (Phi) is 5.45. The number of nitrogens with one attached hydrogen (secondary N) is 1. The highest BCUT2D eigenvalue weighted by molar-refractivity contribution is 7.99. The van der Waals surface area contributed by atoms with Gasteiger partial charge in [0.25, 0.3) is 0 Å². The van der Waals surface area contributed by atoms with Crippen molar-refractivity contribution in [2.24, 2.45) is 0 Å². The highest BCUT2D eigenvalue weighted by Gasteiger charge is 2.27. The average molecular weight is 377 g/mol. The summed E-state index contributed by atoms with van der Waals surface area (Å²) in [5, 5.41) is 0. The normalized spacial score (nSPS) is 20.0. The summed E-state index contributed by atoms with van der Waals surface area (Å²) >= 11 is 2.05. The zero-order valence-electron chi connectivity index (χ0n) is 14.9. The highest BCUT2D eigenvalue weighted by atomic mass is 32.2. The van der Waals surface area contributed by atoms with E-state index in [0.29, 0.717) is 24.4 Å². The Balaban J connectivity index is 1.27. The Labute approximate surface area is 157 Å². The van der Waals surface area contributed by atoms with Crippen LogP contribution in [0.4, 0.5) is 4.39 Å². The summed E-state index contributed by atoms with van der Waals surface area (Å²) in [6.07, 6.45) is 3.58. The largest absolute Gasteiger partial charge is 0.342 e. The lowest BCUT2D eigenvalue weighted by Crippen LogP contribution is -2.52. The molecule has 4 rings (SSSR count). The molecule has 5 nitrogen and oxygen atoms in total. The van der Waals surface area contributed by atoms with Crippen LogP contribution >= 0.6 is 11.8 Å². The van der Waals surface area contributed by atoms with E-state index in [4.69, 9.17) is 0 Å². The fourth-order valence-corrected chi connectivity index (χ4v) is 5.00. The number of carbonyl (C=O) groups excluding carboxylic acids is 1. The van der Waals surface area contributed by atoms with Crippen LogP contribution in [-0.2, 0) is 11.2 Å². The molecule has 0 radical (unpaired) electrons. The molecular formula is C19H25FN4OS. The van der Waals surface area contributed by atoms with Gasteiger partial charge < -0.3 is 9.88 Å². The van der Waals surface area contributed by atoms with E-state index in [2.05, 4.69) is 26.6 Å². The first-order chi connectivity index (χ1) is 12.7. The number of benzene rings is 1. The maximum atomic E-state index is 13.3. The number of aromatic amines is 1. The summed E-state index contributed by atoms with van der Waals surface area (Å²) in [5.41, 5.74) is 1.43. The smallest absolute Gasteiger partial charge is 0.223 e. The molecular weight excluding hydrogens is 351 g/mol. The molecule has 2 aliphatic heterocycles. The second-order valence-corrected chi connectivity index (χ2v) is 8.33. The number of thioether (sulfide) groups is 1. The zero-order valence-corrected chi connectivity index (χ0v) is 15.7. The standard InChI is InChI=1S/C19H25FN4OS/c20-14-1-2-16-17(13-14)22-18(21-16)3-4-19(25)24-9-7-23(8-10-24)15-5-11-26-12-6-15/h1-2,13,15H,3-12H2,(H,21,22). The minimum Gasteiger partial charge on any atom is -0.342 e. The number of hydrogen-bond donors (Lipinski definition) is 1. The van der Waals surface area contributed by atoms with E-state index in [1.807, 2.05) is 4.90 Å². The maximum absolute atomic E-state index is 13.3. The van der Waals surface area contributed by atoms with Crippen molar-refractivity contribution in [1.29, 1.82) is 0 Å². The van der Waals surface area contributed by atoms with Crippen LogP contribution in [0.3, 0.4) is 0 Å². The van der Waals surface area contributed by atoms with E-state index in [-0.39, 0.29) is 11.7 Å². The first kappa shape index (κ1) is 17.8. The summed E-state index contributed by atoms with van der Waals surface area (Å²) in [7, 11) is 0. The van der Waals surface area contributed by atoms with E-state index in [1.54, 1.807) is 6.07 Å². The van der Waals surface area contributed by atoms with Gasteiger partial charge in [-0.1, -0.05) is 0 Å². The van der Waals surface area contributed by atoms with Crippen molar-refractivity contribution in [2.75, 3.05) is 37.7 Å². The summed E-state index contributed by atoms with van der Waals surface area (Å²) in [6.45, 7) is 3.64. The van der Waals surface area contributed by atoms with Crippen molar-refractivity contribution < 1.29 is 9.18 Å². The van der Waals surface area contributed by atoms with Crippen LogP contribution in [0.25, 0.3) is 11.0 Å². The number of nitrogens with zero attached hydrogens (tertiary/aromatic N) is 3. The van der Waals surface area contributed by atoms with Gasteiger partial charge in [-0.05, 0) is 42.5 Å². The van der Waals surface area contributed by atoms with Crippen molar-refractivity contribution in [3.8, 4) is 0 Å². The molecule has 0 atom stereocenters. The van der Waals surface area contributed by atoms with Gasteiger partial charge in [-0.2, -0.15) is 11.8 Å². The lowest BCUT2D eigenvalue weighted by molar-refractivity contribution is -0.133. The van der Waals surface area contributed by atoms with Crippen LogP contribution in [0.1, 0.15) is 25.1 Å². The van der Waals surface area contributed by atoms with Crippen LogP contribution in [0.2, 0.25) is 0 Å². The van der Waals surface area contributed by atoms with E-state index < -0.39 is 0 Å². The van der Waals surface area contributed by atoms with Gasteiger partial charge in [-0.15, -0.1) is 0 Å². The third-order valence-electron chi connectivity index (χ3n) is 5.44. The van der Waals surface area contributed by atoms with Crippen molar-refractivity contribution in [3.05, 3.63) is 29.8 Å². The molecule has 2 saturated heterocycles. The van der Waals surface area contributed by atoms with Crippen molar-refractivity contribution in [2.45, 2.75) is 31.7 Å². The molecule has 0 spiro atoms. The Morgan fingerprint density at radius 2 is 2.00 bits per heavy atom. The van der Waals surface area contributed by atoms with Crippen LogP contribution in [-0.4, -0.2) is 69.4 Å². The Morgan fingerprint density at radius 1 is 1.23 bits per heavy atom. The van der Waals surface area contributed by atoms with Crippen LogP contribution in [0.5, 0.6) is 0 Å². The summed E-state index contributed by atoms with van der Waals surface area (Å²) in [4.78, 5) is 24.6. The van der Waals surface area contributed by atoms with Crippen LogP contribution in [0.15, 0.2) is 18.2 Å². The second-order valence-electron chi connectivity index (χ2n) is 7.11. The fraction of sp³-hybridized carbons (Fsp3) is 0.579. The lowest BCUT2D eigenvalue weighted by atomic mass is 10.1. The number of piperazine rings is 1. The number of amides is 1. The van der Waals surface area contributed by atoms with Gasteiger partial charge in [-0.3, -0.25) is 9.69 Å². The molecule has 1 aromatic heterocycles. The first-order valence-corrected chi connectivity index (χ1v) is 10.6. The van der Waals surface area contributed by atoms with E-state index in [0.717, 1.165) is 37.5 Å². The number of rotatable bonds is 4. The molecule has 0 aliphatic carbocycles. The molecule has 140 valence electrons. The Hall–Kier alpha value is -1.60. The van der Waals surface area contributed by atoms with E-state index in [1.165, 1.54) is 36.5 Å². The van der Waals surface area contributed by atoms with E-state index >= 15 is 0 Å². The van der Waals surface area contributed by atoms with Gasteiger partial charge in [0.2, 0.25) is 5.91 Å². The molecule has 1 N–H and O–H groups in total. The Bertz CT molecular complexity index is 766. The molecule has 26 heavy (non-hydrogen) atoms. The summed E-state index contributed by atoms with van der Waals surface area (Å²) < 4.78 is 13.3. The van der Waals surface area contributed by atoms with Crippen LogP contribution < -0.4 is 0 Å². The summed E-state index contributed by atoms with van der Waals surface area (Å²) in [5.74, 6) is 3.20. The molecule has 2 aliphatic rings. The van der Waals surface area contributed by atoms with Gasteiger partial charge >= 0.3 is 0 Å². The van der Waals surface area contributed by atoms with Gasteiger partial charge in [-0.25, -0.2) is 9.37 Å². The molecule has 2 aromatic rings. The third-order valence-corrected chi connectivity index (χ3v) is 6.49. The lowest BCUT2D eigenvalue weighted by Gasteiger charge is -2.40. The predicted molar refractivity (Wildman–Crippen MR) is 103 cm³/mol. The molecule has 0 bridgehead atoms. The molecule has 3 heterocycles. The van der Waals surface area contributed by atoms with Crippen molar-refractivity contribution in [3.63, 3.8) is 0 Å². The molecule has 7 heteroatoms. The number of H-pyrrole nitrogens is 1. The molecule has 1 aromatic carbocycles. The first-order valence-electron chi connectivity index (χ1n) is 9.43. The molecule has 1 amide bonds. The quantitative estimate of drug-likeness (QED) is 0.891. The molecule has 0 unspecified atom stereocenters. The number of imidazole rings is 1. The van der Waals surface area contributed by atoms with Gasteiger partial charge in [0.1, 0.15) is 11.6 Å². The maximum Gasteiger partial charge on any atom is 0.223 e. The SMILES string of the molecule is O=C(CCc1nc2ccc(F)cc2[nH]1)N1CCN(C2CCSCC2)CC1. The fourth-order valence-electron chi connectivity index (χ4n) is 3.92. The van der Waals surface area contributed by atoms with Crippen molar-refractivity contribution >= 4 is 28.7 Å². The van der Waals surface area contributed by atoms with Gasteiger partial charge in [0, 0.05) is 45.1 Å². The number of carbonyl (C=O) groups is 1. The number of hydrogen-bond acceptors (Lipinski definition) is 4. The molecule has 0 saturated carbocycles.